The van der Waals surface area contributed by atoms with E-state index in [1.54, 1.807) is 42.6 Å². The van der Waals surface area contributed by atoms with Gasteiger partial charge in [-0.05, 0) is 60.0 Å². The van der Waals surface area contributed by atoms with E-state index in [0.717, 1.165) is 11.1 Å². The first kappa shape index (κ1) is 29.2. The lowest BCUT2D eigenvalue weighted by atomic mass is 10.1. The normalized spacial score (nSPS) is 12.3. The second-order valence-corrected chi connectivity index (χ2v) is 11.5. The molecule has 0 aliphatic heterocycles. The van der Waals surface area contributed by atoms with Crippen molar-refractivity contribution in [1.82, 2.24) is 9.88 Å². The Morgan fingerprint density at radius 2 is 1.55 bits per heavy atom. The molecule has 208 valence electrons. The number of ether oxygens (including phenoxy) is 1. The van der Waals surface area contributed by atoms with Crippen LogP contribution < -0.4 is 4.74 Å². The minimum atomic E-state index is -3.76. The molecule has 0 amide bonds. The van der Waals surface area contributed by atoms with Crippen LogP contribution in [-0.4, -0.2) is 54.2 Å². The van der Waals surface area contributed by atoms with Crippen molar-refractivity contribution < 1.29 is 28.2 Å². The number of nitrogens with zero attached hydrogens (tertiary/aromatic N) is 2. The molecule has 0 spiro atoms. The summed E-state index contributed by atoms with van der Waals surface area (Å²) < 4.78 is 31.2. The first-order chi connectivity index (χ1) is 19.2. The first-order valence-electron chi connectivity index (χ1n) is 12.6. The lowest BCUT2D eigenvalue weighted by Crippen LogP contribution is -2.30. The van der Waals surface area contributed by atoms with E-state index in [2.05, 4.69) is 9.88 Å². The molecule has 10 heteroatoms. The second kappa shape index (κ2) is 13.5. The smallest absolute Gasteiger partial charge is 0.341 e. The van der Waals surface area contributed by atoms with Crippen LogP contribution in [0.25, 0.3) is 0 Å². The van der Waals surface area contributed by atoms with Gasteiger partial charge in [-0.3, -0.25) is 4.90 Å². The van der Waals surface area contributed by atoms with Crippen molar-refractivity contribution in [3.05, 3.63) is 119 Å². The third-order valence-electron chi connectivity index (χ3n) is 6.26. The van der Waals surface area contributed by atoms with Gasteiger partial charge in [-0.15, -0.1) is 0 Å². The number of hydrogen-bond acceptors (Lipinski definition) is 7. The minimum Gasteiger partial charge on any atom is -0.482 e. The summed E-state index contributed by atoms with van der Waals surface area (Å²) in [6.45, 7) is 1.15. The zero-order valence-electron chi connectivity index (χ0n) is 21.6. The number of pyridine rings is 1. The molecule has 0 bridgehead atoms. The fourth-order valence-electron chi connectivity index (χ4n) is 4.13. The van der Waals surface area contributed by atoms with Gasteiger partial charge in [-0.1, -0.05) is 60.1 Å². The largest absolute Gasteiger partial charge is 0.482 e. The summed E-state index contributed by atoms with van der Waals surface area (Å²) in [6.07, 6.45) is 1.47. The SMILES string of the molecule is O=C(O)COc1ccc(S(=O)(=O)c2ccc(CCN(Cc3ccccc3)C[C@@H](O)c3ccc(Cl)nc3)cc2)cc1. The van der Waals surface area contributed by atoms with Crippen LogP contribution in [0.3, 0.4) is 0 Å². The molecule has 0 aliphatic carbocycles. The van der Waals surface area contributed by atoms with Crippen molar-refractivity contribution in [3.63, 3.8) is 0 Å². The van der Waals surface area contributed by atoms with E-state index in [1.165, 1.54) is 24.3 Å². The predicted octanol–water partition coefficient (Wildman–Crippen LogP) is 4.81. The van der Waals surface area contributed by atoms with Crippen LogP contribution in [0.4, 0.5) is 0 Å². The topological polar surface area (TPSA) is 117 Å². The van der Waals surface area contributed by atoms with Gasteiger partial charge >= 0.3 is 5.97 Å². The van der Waals surface area contributed by atoms with Gasteiger partial charge in [0.2, 0.25) is 9.84 Å². The van der Waals surface area contributed by atoms with Crippen LogP contribution in [0.1, 0.15) is 22.8 Å². The van der Waals surface area contributed by atoms with Crippen LogP contribution in [0.5, 0.6) is 5.75 Å². The zero-order chi connectivity index (χ0) is 28.5. The molecule has 2 N–H and O–H groups in total. The molecule has 0 aliphatic rings. The predicted molar refractivity (Wildman–Crippen MR) is 151 cm³/mol. The molecule has 1 aromatic heterocycles. The van der Waals surface area contributed by atoms with E-state index in [0.29, 0.717) is 36.8 Å². The Hall–Kier alpha value is -3.76. The average Bonchev–Trinajstić information content (AvgIpc) is 2.96. The number of halogens is 1. The van der Waals surface area contributed by atoms with Gasteiger partial charge < -0.3 is 14.9 Å². The number of sulfone groups is 1. The maximum absolute atomic E-state index is 13.1. The molecule has 40 heavy (non-hydrogen) atoms. The van der Waals surface area contributed by atoms with Crippen LogP contribution in [-0.2, 0) is 27.6 Å². The molecular formula is C30H29ClN2O6S. The van der Waals surface area contributed by atoms with Gasteiger partial charge in [-0.25, -0.2) is 18.2 Å². The molecule has 8 nitrogen and oxygen atoms in total. The highest BCUT2D eigenvalue weighted by Crippen LogP contribution is 2.24. The molecule has 0 unspecified atom stereocenters. The van der Waals surface area contributed by atoms with E-state index in [9.17, 15) is 18.3 Å². The summed E-state index contributed by atoms with van der Waals surface area (Å²) in [5, 5.41) is 19.9. The Kier molecular flexibility index (Phi) is 9.89. The maximum atomic E-state index is 13.1. The molecular weight excluding hydrogens is 552 g/mol. The van der Waals surface area contributed by atoms with E-state index in [1.807, 2.05) is 30.3 Å². The fraction of sp³-hybridized carbons (Fsp3) is 0.200. The highest BCUT2D eigenvalue weighted by atomic mass is 35.5. The molecule has 1 atom stereocenters. The third-order valence-corrected chi connectivity index (χ3v) is 8.27. The van der Waals surface area contributed by atoms with E-state index in [4.69, 9.17) is 21.4 Å². The minimum absolute atomic E-state index is 0.0858. The number of carbonyl (C=O) groups is 1. The number of aliphatic carboxylic acids is 1. The highest BCUT2D eigenvalue weighted by molar-refractivity contribution is 7.91. The Bertz CT molecular complexity index is 1500. The monoisotopic (exact) mass is 580 g/mol. The molecule has 0 fully saturated rings. The zero-order valence-corrected chi connectivity index (χ0v) is 23.1. The van der Waals surface area contributed by atoms with Gasteiger partial charge in [0.05, 0.1) is 15.9 Å². The fourth-order valence-corrected chi connectivity index (χ4v) is 5.50. The molecule has 3 aromatic carbocycles. The van der Waals surface area contributed by atoms with Crippen LogP contribution in [0.15, 0.2) is 107 Å². The summed E-state index contributed by atoms with van der Waals surface area (Å²) in [4.78, 5) is 17.1. The summed E-state index contributed by atoms with van der Waals surface area (Å²) in [7, 11) is -3.76. The lowest BCUT2D eigenvalue weighted by molar-refractivity contribution is -0.139. The standard InChI is InChI=1S/C30H29ClN2O6S/c31-29-15-8-24(18-32-29)28(34)20-33(19-23-4-2-1-3-5-23)17-16-22-6-11-26(12-7-22)40(37,38)27-13-9-25(10-14-27)39-21-30(35)36/h1-15,18,28,34H,16-17,19-21H2,(H,35,36)/t28-/m1/s1. The molecule has 4 rings (SSSR count). The van der Waals surface area contributed by atoms with Crippen LogP contribution in [0.2, 0.25) is 5.15 Å². The van der Waals surface area contributed by atoms with Gasteiger partial charge in [-0.2, -0.15) is 0 Å². The van der Waals surface area contributed by atoms with E-state index >= 15 is 0 Å². The summed E-state index contributed by atoms with van der Waals surface area (Å²) in [6, 6.07) is 25.8. The van der Waals surface area contributed by atoms with Crippen LogP contribution >= 0.6 is 11.6 Å². The Balaban J connectivity index is 1.42. The van der Waals surface area contributed by atoms with Crippen molar-refractivity contribution in [3.8, 4) is 5.75 Å². The number of hydrogen-bond donors (Lipinski definition) is 2. The number of carboxylic acid groups (broad SMARTS) is 1. The van der Waals surface area contributed by atoms with E-state index in [-0.39, 0.29) is 15.5 Å². The highest BCUT2D eigenvalue weighted by Gasteiger charge is 2.19. The number of aliphatic hydroxyl groups excluding tert-OH is 1. The Morgan fingerprint density at radius 1 is 0.900 bits per heavy atom. The van der Waals surface area contributed by atoms with Crippen molar-refractivity contribution in [2.45, 2.75) is 28.9 Å². The quantitative estimate of drug-likeness (QED) is 0.216. The van der Waals surface area contributed by atoms with Crippen molar-refractivity contribution in [1.29, 1.82) is 0 Å². The lowest BCUT2D eigenvalue weighted by Gasteiger charge is -2.25. The molecule has 1 heterocycles. The number of aliphatic hydroxyl groups is 1. The summed E-state index contributed by atoms with van der Waals surface area (Å²) in [5.41, 5.74) is 2.75. The number of carboxylic acids is 1. The third kappa shape index (κ3) is 8.12. The maximum Gasteiger partial charge on any atom is 0.341 e. The molecule has 4 aromatic rings. The van der Waals surface area contributed by atoms with Crippen LogP contribution in [0, 0.1) is 0 Å². The Morgan fingerprint density at radius 3 is 2.15 bits per heavy atom. The van der Waals surface area contributed by atoms with E-state index < -0.39 is 28.5 Å². The average molecular weight is 581 g/mol. The summed E-state index contributed by atoms with van der Waals surface area (Å²) >= 11 is 5.88. The molecule has 0 radical (unpaired) electrons. The molecule has 0 saturated heterocycles. The number of aromatic nitrogens is 1. The van der Waals surface area contributed by atoms with Crippen molar-refractivity contribution in [2.24, 2.45) is 0 Å². The second-order valence-electron chi connectivity index (χ2n) is 9.20. The van der Waals surface area contributed by atoms with Crippen molar-refractivity contribution in [2.75, 3.05) is 19.7 Å². The van der Waals surface area contributed by atoms with Crippen molar-refractivity contribution >= 4 is 27.4 Å². The van der Waals surface area contributed by atoms with Gasteiger partial charge in [0, 0.05) is 31.4 Å². The van der Waals surface area contributed by atoms with Gasteiger partial charge in [0.15, 0.2) is 6.61 Å². The van der Waals surface area contributed by atoms with Gasteiger partial charge in [0.1, 0.15) is 10.9 Å². The summed E-state index contributed by atoms with van der Waals surface area (Å²) in [5.74, 6) is -0.843. The Labute approximate surface area is 238 Å². The number of benzene rings is 3. The van der Waals surface area contributed by atoms with Gasteiger partial charge in [0.25, 0.3) is 0 Å². The first-order valence-corrected chi connectivity index (χ1v) is 14.4. The number of rotatable bonds is 13. The molecule has 0 saturated carbocycles.